The summed E-state index contributed by atoms with van der Waals surface area (Å²) in [7, 11) is -1.74. The Kier molecular flexibility index (Phi) is 9.64. The topological polar surface area (TPSA) is 150 Å². The van der Waals surface area contributed by atoms with Crippen LogP contribution in [-0.4, -0.2) is 84.9 Å². The van der Waals surface area contributed by atoms with Crippen LogP contribution in [0.2, 0.25) is 0 Å². The van der Waals surface area contributed by atoms with Crippen molar-refractivity contribution in [3.8, 4) is 5.88 Å². The molecule has 1 unspecified atom stereocenters. The first-order valence-electron chi connectivity index (χ1n) is 14.8. The number of nitrogens with one attached hydrogen (secondary N) is 3. The van der Waals surface area contributed by atoms with Crippen molar-refractivity contribution in [3.05, 3.63) is 59.8 Å². The zero-order valence-electron chi connectivity index (χ0n) is 23.9. The standard InChI is InChI=1S/C30H41N5O6S/c1-41-26-15-13-22(17-32-26)27(21-7-3-2-4-8-21)28(34-30(37)38)29(36)33-25-11-5-9-20(25)12-14-24-18-31-23-10-6-16-42(39,40)35(24)19-23/h2-4,7-8,13,15,17,20,23-25,27-28,31,34H,5-6,9-12,14,16,18-19H2,1H3,(H,33,36)(H,37,38)/t20-,23-,24+,25+,27+,28+/m1/s1. The minimum Gasteiger partial charge on any atom is -0.481 e. The van der Waals surface area contributed by atoms with Crippen molar-refractivity contribution in [1.82, 2.24) is 25.2 Å². The van der Waals surface area contributed by atoms with Crippen molar-refractivity contribution in [2.75, 3.05) is 26.0 Å². The van der Waals surface area contributed by atoms with Crippen molar-refractivity contribution >= 4 is 22.0 Å². The number of hydrogen-bond donors (Lipinski definition) is 4. The first-order valence-corrected chi connectivity index (χ1v) is 16.4. The highest BCUT2D eigenvalue weighted by Gasteiger charge is 2.40. The number of nitrogens with zero attached hydrogens (tertiary/aromatic N) is 2. The van der Waals surface area contributed by atoms with Gasteiger partial charge in [0.15, 0.2) is 0 Å². The van der Waals surface area contributed by atoms with E-state index in [1.807, 2.05) is 30.3 Å². The molecule has 3 fully saturated rings. The summed E-state index contributed by atoms with van der Waals surface area (Å²) in [6.07, 6.45) is 6.06. The molecule has 1 aromatic carbocycles. The SMILES string of the molecule is COc1ccc([C@H](c2ccccc2)[C@H](NC(=O)O)C(=O)N[C@H]2CCC[C@@H]2CC[C@H]2CN[C@@H]3CCCS(=O)(=O)N2C3)cn1. The zero-order chi connectivity index (χ0) is 29.7. The number of carbonyl (C=O) groups excluding carboxylic acids is 1. The number of carboxylic acid groups (broad SMARTS) is 1. The smallest absolute Gasteiger partial charge is 0.405 e. The minimum absolute atomic E-state index is 0.0900. The number of sulfonamides is 1. The molecule has 11 nitrogen and oxygen atoms in total. The van der Waals surface area contributed by atoms with E-state index in [-0.39, 0.29) is 29.8 Å². The Morgan fingerprint density at radius 1 is 1.10 bits per heavy atom. The van der Waals surface area contributed by atoms with E-state index >= 15 is 0 Å². The third-order valence-corrected chi connectivity index (χ3v) is 11.0. The molecular weight excluding hydrogens is 558 g/mol. The molecule has 12 heteroatoms. The van der Waals surface area contributed by atoms with Crippen LogP contribution in [0.4, 0.5) is 4.79 Å². The molecule has 1 saturated carbocycles. The summed E-state index contributed by atoms with van der Waals surface area (Å²) < 4.78 is 32.7. The molecule has 1 aliphatic carbocycles. The van der Waals surface area contributed by atoms with Gasteiger partial charge in [-0.15, -0.1) is 0 Å². The highest BCUT2D eigenvalue weighted by atomic mass is 32.2. The molecule has 3 heterocycles. The van der Waals surface area contributed by atoms with Crippen LogP contribution in [0, 0.1) is 5.92 Å². The number of methoxy groups -OCH3 is 1. The second-order valence-corrected chi connectivity index (χ2v) is 13.7. The summed E-state index contributed by atoms with van der Waals surface area (Å²) in [5.41, 5.74) is 1.46. The summed E-state index contributed by atoms with van der Waals surface area (Å²) in [4.78, 5) is 30.1. The van der Waals surface area contributed by atoms with Gasteiger partial charge in [0.25, 0.3) is 0 Å². The summed E-state index contributed by atoms with van der Waals surface area (Å²) in [5, 5.41) is 18.9. The molecule has 2 bridgehead atoms. The van der Waals surface area contributed by atoms with E-state index in [9.17, 15) is 23.1 Å². The molecule has 3 aliphatic rings. The monoisotopic (exact) mass is 599 g/mol. The van der Waals surface area contributed by atoms with Crippen molar-refractivity contribution in [2.24, 2.45) is 5.92 Å². The van der Waals surface area contributed by atoms with Gasteiger partial charge in [-0.3, -0.25) is 4.79 Å². The van der Waals surface area contributed by atoms with Gasteiger partial charge in [-0.05, 0) is 55.6 Å². The van der Waals surface area contributed by atoms with E-state index in [1.54, 1.807) is 22.6 Å². The van der Waals surface area contributed by atoms with Gasteiger partial charge in [-0.1, -0.05) is 42.8 Å². The lowest BCUT2D eigenvalue weighted by molar-refractivity contribution is -0.124. The number of benzene rings is 1. The Labute approximate surface area is 247 Å². The molecule has 1 aromatic heterocycles. The summed E-state index contributed by atoms with van der Waals surface area (Å²) in [5.74, 6) is -0.201. The number of aromatic nitrogens is 1. The molecule has 2 aliphatic heterocycles. The summed E-state index contributed by atoms with van der Waals surface area (Å²) in [6.45, 7) is 1.17. The van der Waals surface area contributed by atoms with Gasteiger partial charge in [0.1, 0.15) is 6.04 Å². The van der Waals surface area contributed by atoms with Crippen molar-refractivity contribution in [2.45, 2.75) is 75.0 Å². The van der Waals surface area contributed by atoms with Crippen LogP contribution in [0.5, 0.6) is 5.88 Å². The van der Waals surface area contributed by atoms with Gasteiger partial charge >= 0.3 is 6.09 Å². The average molecular weight is 600 g/mol. The number of amides is 2. The second kappa shape index (κ2) is 13.4. The lowest BCUT2D eigenvalue weighted by atomic mass is 9.85. The number of piperazine rings is 1. The Bertz CT molecular complexity index is 1330. The highest BCUT2D eigenvalue weighted by molar-refractivity contribution is 7.89. The molecule has 2 amide bonds. The predicted octanol–water partition coefficient (Wildman–Crippen LogP) is 2.69. The van der Waals surface area contributed by atoms with Crippen molar-refractivity contribution < 1.29 is 27.9 Å². The van der Waals surface area contributed by atoms with E-state index in [1.165, 1.54) is 7.11 Å². The number of carbonyl (C=O) groups is 2. The molecular formula is C30H41N5O6S. The van der Waals surface area contributed by atoms with E-state index in [2.05, 4.69) is 20.9 Å². The van der Waals surface area contributed by atoms with Crippen LogP contribution in [0.25, 0.3) is 0 Å². The fourth-order valence-electron chi connectivity index (χ4n) is 6.86. The normalized spacial score (nSPS) is 28.2. The van der Waals surface area contributed by atoms with Crippen LogP contribution >= 0.6 is 0 Å². The molecule has 2 aromatic rings. The first kappa shape index (κ1) is 30.2. The van der Waals surface area contributed by atoms with Gasteiger partial charge in [-0.25, -0.2) is 18.2 Å². The molecule has 4 N–H and O–H groups in total. The molecule has 7 atom stereocenters. The highest BCUT2D eigenvalue weighted by Crippen LogP contribution is 2.34. The van der Waals surface area contributed by atoms with E-state index < -0.39 is 34.0 Å². The lowest BCUT2D eigenvalue weighted by Crippen LogP contribution is -2.57. The summed E-state index contributed by atoms with van der Waals surface area (Å²) in [6, 6.07) is 11.7. The molecule has 228 valence electrons. The molecule has 2 saturated heterocycles. The lowest BCUT2D eigenvalue weighted by Gasteiger charge is -2.38. The van der Waals surface area contributed by atoms with Crippen LogP contribution in [0.15, 0.2) is 48.7 Å². The Hall–Kier alpha value is -3.22. The van der Waals surface area contributed by atoms with Gasteiger partial charge < -0.3 is 25.8 Å². The fraction of sp³-hybridized carbons (Fsp3) is 0.567. The number of hydrogen-bond acceptors (Lipinski definition) is 7. The molecule has 42 heavy (non-hydrogen) atoms. The van der Waals surface area contributed by atoms with Gasteiger partial charge in [-0.2, -0.15) is 4.31 Å². The van der Waals surface area contributed by atoms with E-state index in [0.29, 0.717) is 31.0 Å². The average Bonchev–Trinajstić information content (AvgIpc) is 3.38. The first-order chi connectivity index (χ1) is 20.2. The Morgan fingerprint density at radius 2 is 1.90 bits per heavy atom. The Balaban J connectivity index is 1.31. The van der Waals surface area contributed by atoms with Crippen LogP contribution < -0.4 is 20.7 Å². The van der Waals surface area contributed by atoms with Crippen LogP contribution in [-0.2, 0) is 14.8 Å². The number of pyridine rings is 1. The number of rotatable bonds is 10. The molecule has 5 rings (SSSR count). The second-order valence-electron chi connectivity index (χ2n) is 11.6. The van der Waals surface area contributed by atoms with Crippen LogP contribution in [0.1, 0.15) is 62.0 Å². The van der Waals surface area contributed by atoms with E-state index in [0.717, 1.165) is 44.1 Å². The third-order valence-electron chi connectivity index (χ3n) is 9.00. The van der Waals surface area contributed by atoms with Crippen molar-refractivity contribution in [1.29, 1.82) is 0 Å². The van der Waals surface area contributed by atoms with Gasteiger partial charge in [0, 0.05) is 49.4 Å². The van der Waals surface area contributed by atoms with Crippen molar-refractivity contribution in [3.63, 3.8) is 0 Å². The quantitative estimate of drug-likeness (QED) is 0.326. The predicted molar refractivity (Wildman–Crippen MR) is 158 cm³/mol. The maximum atomic E-state index is 13.9. The summed E-state index contributed by atoms with van der Waals surface area (Å²) >= 11 is 0. The zero-order valence-corrected chi connectivity index (χ0v) is 24.8. The van der Waals surface area contributed by atoms with Gasteiger partial charge in [0.05, 0.1) is 12.9 Å². The fourth-order valence-corrected chi connectivity index (χ4v) is 8.67. The van der Waals surface area contributed by atoms with Gasteiger partial charge in [0.2, 0.25) is 21.8 Å². The van der Waals surface area contributed by atoms with E-state index in [4.69, 9.17) is 4.74 Å². The maximum absolute atomic E-state index is 13.9. The number of fused-ring (bicyclic) bond motifs is 2. The largest absolute Gasteiger partial charge is 0.481 e. The van der Waals surface area contributed by atoms with Crippen LogP contribution in [0.3, 0.4) is 0 Å². The molecule has 0 spiro atoms. The maximum Gasteiger partial charge on any atom is 0.405 e. The molecule has 0 radical (unpaired) electrons. The minimum atomic E-state index is -3.26. The Morgan fingerprint density at radius 3 is 2.62 bits per heavy atom. The third kappa shape index (κ3) is 7.04. The number of ether oxygens (including phenoxy) is 1.